The lowest BCUT2D eigenvalue weighted by atomic mass is 10.2. The first-order valence-corrected chi connectivity index (χ1v) is 11.0. The molecular weight excluding hydrogens is 442 g/mol. The molecule has 0 aliphatic rings. The molecule has 2 aromatic carbocycles. The van der Waals surface area contributed by atoms with Gasteiger partial charge in [0.1, 0.15) is 12.4 Å². The number of amides is 1. The van der Waals surface area contributed by atoms with Gasteiger partial charge in [0.15, 0.2) is 11.6 Å². The fraction of sp³-hybridized carbons (Fsp3) is 0.167. The Morgan fingerprint density at radius 2 is 1.88 bits per heavy atom. The standard InChI is InChI=1S/C24H21N3O5S/c1-15-4-3-5-20(10-15)31-13-21(28)25-18-8-6-17(7-9-18)23(30)32-12-19-11-22(29)27-16(2)14-33-24(27)26-19/h3-11,14H,12-13H2,1-2H3,(H,25,28). The van der Waals surface area contributed by atoms with Gasteiger partial charge in [-0.15, -0.1) is 11.3 Å². The van der Waals surface area contributed by atoms with Crippen LogP contribution in [0.1, 0.15) is 27.3 Å². The van der Waals surface area contributed by atoms with Gasteiger partial charge < -0.3 is 14.8 Å². The SMILES string of the molecule is Cc1cccc(OCC(=O)Nc2ccc(C(=O)OCc3cc(=O)n4c(C)csc4n3)cc2)c1. The second kappa shape index (κ2) is 9.66. The number of hydrogen-bond acceptors (Lipinski definition) is 7. The molecule has 0 bridgehead atoms. The summed E-state index contributed by atoms with van der Waals surface area (Å²) in [6.07, 6.45) is 0. The second-order valence-corrected chi connectivity index (χ2v) is 8.22. The minimum Gasteiger partial charge on any atom is -0.484 e. The van der Waals surface area contributed by atoms with E-state index in [0.29, 0.717) is 27.7 Å². The van der Waals surface area contributed by atoms with Gasteiger partial charge in [0.2, 0.25) is 0 Å². The first-order chi connectivity index (χ1) is 15.9. The van der Waals surface area contributed by atoms with E-state index in [-0.39, 0.29) is 24.7 Å². The summed E-state index contributed by atoms with van der Waals surface area (Å²) < 4.78 is 12.3. The van der Waals surface area contributed by atoms with Gasteiger partial charge in [-0.3, -0.25) is 14.0 Å². The van der Waals surface area contributed by atoms with Crippen molar-refractivity contribution in [2.75, 3.05) is 11.9 Å². The molecule has 0 spiro atoms. The lowest BCUT2D eigenvalue weighted by Gasteiger charge is -2.09. The summed E-state index contributed by atoms with van der Waals surface area (Å²) in [5.41, 5.74) is 2.86. The minimum atomic E-state index is -0.556. The van der Waals surface area contributed by atoms with Gasteiger partial charge in [0, 0.05) is 22.8 Å². The van der Waals surface area contributed by atoms with Crippen LogP contribution in [0.25, 0.3) is 4.96 Å². The van der Waals surface area contributed by atoms with Crippen molar-refractivity contribution in [2.24, 2.45) is 0 Å². The maximum Gasteiger partial charge on any atom is 0.338 e. The van der Waals surface area contributed by atoms with Crippen LogP contribution in [0.2, 0.25) is 0 Å². The molecule has 33 heavy (non-hydrogen) atoms. The molecule has 0 saturated heterocycles. The summed E-state index contributed by atoms with van der Waals surface area (Å²) in [7, 11) is 0. The number of benzene rings is 2. The Morgan fingerprint density at radius 3 is 2.64 bits per heavy atom. The minimum absolute atomic E-state index is 0.115. The monoisotopic (exact) mass is 463 g/mol. The summed E-state index contributed by atoms with van der Waals surface area (Å²) in [5, 5.41) is 4.56. The van der Waals surface area contributed by atoms with E-state index < -0.39 is 5.97 Å². The van der Waals surface area contributed by atoms with E-state index in [9.17, 15) is 14.4 Å². The molecule has 2 aromatic heterocycles. The van der Waals surface area contributed by atoms with Crippen LogP contribution in [-0.2, 0) is 16.1 Å². The maximum atomic E-state index is 12.4. The molecule has 2 heterocycles. The van der Waals surface area contributed by atoms with Crippen molar-refractivity contribution in [3.8, 4) is 5.75 Å². The highest BCUT2D eigenvalue weighted by Gasteiger charge is 2.11. The van der Waals surface area contributed by atoms with Crippen molar-refractivity contribution in [2.45, 2.75) is 20.5 Å². The predicted octanol–water partition coefficient (Wildman–Crippen LogP) is 3.75. The van der Waals surface area contributed by atoms with Crippen LogP contribution < -0.4 is 15.6 Å². The largest absolute Gasteiger partial charge is 0.484 e. The second-order valence-electron chi connectivity index (χ2n) is 7.39. The molecule has 9 heteroatoms. The number of hydrogen-bond donors (Lipinski definition) is 1. The molecule has 1 amide bonds. The number of aromatic nitrogens is 2. The number of nitrogens with zero attached hydrogens (tertiary/aromatic N) is 2. The highest BCUT2D eigenvalue weighted by Crippen LogP contribution is 2.15. The summed E-state index contributed by atoms with van der Waals surface area (Å²) in [4.78, 5) is 41.6. The molecule has 0 saturated carbocycles. The van der Waals surface area contributed by atoms with Gasteiger partial charge in [-0.1, -0.05) is 12.1 Å². The summed E-state index contributed by atoms with van der Waals surface area (Å²) in [6, 6.07) is 15.1. The van der Waals surface area contributed by atoms with Gasteiger partial charge in [-0.05, 0) is 55.8 Å². The summed E-state index contributed by atoms with van der Waals surface area (Å²) in [6.45, 7) is 3.53. The molecule has 4 aromatic rings. The van der Waals surface area contributed by atoms with Gasteiger partial charge in [0.05, 0.1) is 11.3 Å². The highest BCUT2D eigenvalue weighted by molar-refractivity contribution is 7.15. The van der Waals surface area contributed by atoms with Gasteiger partial charge in [-0.25, -0.2) is 9.78 Å². The normalized spacial score (nSPS) is 10.7. The van der Waals surface area contributed by atoms with Crippen molar-refractivity contribution >= 4 is 33.9 Å². The molecular formula is C24H21N3O5S. The van der Waals surface area contributed by atoms with Crippen molar-refractivity contribution < 1.29 is 19.1 Å². The first-order valence-electron chi connectivity index (χ1n) is 10.1. The lowest BCUT2D eigenvalue weighted by molar-refractivity contribution is -0.118. The number of esters is 1. The number of aryl methyl sites for hydroxylation is 2. The molecule has 0 aliphatic carbocycles. The van der Waals surface area contributed by atoms with Crippen LogP contribution in [0.4, 0.5) is 5.69 Å². The molecule has 0 atom stereocenters. The Bertz CT molecular complexity index is 1380. The summed E-state index contributed by atoms with van der Waals surface area (Å²) >= 11 is 1.35. The van der Waals surface area contributed by atoms with E-state index in [1.54, 1.807) is 30.3 Å². The average molecular weight is 464 g/mol. The fourth-order valence-electron chi connectivity index (χ4n) is 3.14. The number of thiazole rings is 1. The zero-order chi connectivity index (χ0) is 23.4. The third kappa shape index (κ3) is 5.45. The number of fused-ring (bicyclic) bond motifs is 1. The zero-order valence-electron chi connectivity index (χ0n) is 18.0. The third-order valence-corrected chi connectivity index (χ3v) is 5.69. The topological polar surface area (TPSA) is 99.0 Å². The molecule has 0 unspecified atom stereocenters. The molecule has 0 fully saturated rings. The Labute approximate surface area is 193 Å². The number of rotatable bonds is 7. The number of nitrogens with one attached hydrogen (secondary N) is 1. The van der Waals surface area contributed by atoms with E-state index >= 15 is 0 Å². The van der Waals surface area contributed by atoms with E-state index in [1.807, 2.05) is 37.4 Å². The summed E-state index contributed by atoms with van der Waals surface area (Å²) in [5.74, 6) is -0.253. The number of carbonyl (C=O) groups excluding carboxylic acids is 2. The van der Waals surface area contributed by atoms with Crippen molar-refractivity contribution in [3.05, 3.63) is 92.8 Å². The van der Waals surface area contributed by atoms with Crippen LogP contribution in [0.15, 0.2) is 64.8 Å². The van der Waals surface area contributed by atoms with Gasteiger partial charge in [-0.2, -0.15) is 0 Å². The van der Waals surface area contributed by atoms with Crippen LogP contribution in [0.5, 0.6) is 5.75 Å². The Hall–Kier alpha value is -3.98. The maximum absolute atomic E-state index is 12.4. The number of ether oxygens (including phenoxy) is 2. The van der Waals surface area contributed by atoms with Crippen LogP contribution >= 0.6 is 11.3 Å². The van der Waals surface area contributed by atoms with Gasteiger partial charge in [0.25, 0.3) is 11.5 Å². The molecule has 0 aliphatic heterocycles. The molecule has 1 N–H and O–H groups in total. The fourth-order valence-corrected chi connectivity index (χ4v) is 4.03. The van der Waals surface area contributed by atoms with Gasteiger partial charge >= 0.3 is 5.97 Å². The van der Waals surface area contributed by atoms with E-state index in [0.717, 1.165) is 11.3 Å². The van der Waals surface area contributed by atoms with Crippen LogP contribution in [-0.4, -0.2) is 27.9 Å². The molecule has 0 radical (unpaired) electrons. The third-order valence-electron chi connectivity index (χ3n) is 4.74. The predicted molar refractivity (Wildman–Crippen MR) is 125 cm³/mol. The van der Waals surface area contributed by atoms with Crippen LogP contribution in [0.3, 0.4) is 0 Å². The molecule has 168 valence electrons. The first kappa shape index (κ1) is 22.2. The number of anilines is 1. The lowest BCUT2D eigenvalue weighted by Crippen LogP contribution is -2.20. The smallest absolute Gasteiger partial charge is 0.338 e. The molecule has 4 rings (SSSR count). The van der Waals surface area contributed by atoms with E-state index in [4.69, 9.17) is 9.47 Å². The molecule has 8 nitrogen and oxygen atoms in total. The Morgan fingerprint density at radius 1 is 1.09 bits per heavy atom. The zero-order valence-corrected chi connectivity index (χ0v) is 18.8. The Kier molecular flexibility index (Phi) is 6.50. The quantitative estimate of drug-likeness (QED) is 0.419. The average Bonchev–Trinajstić information content (AvgIpc) is 3.18. The van der Waals surface area contributed by atoms with Crippen molar-refractivity contribution in [3.63, 3.8) is 0 Å². The van der Waals surface area contributed by atoms with Crippen LogP contribution in [0, 0.1) is 13.8 Å². The van der Waals surface area contributed by atoms with E-state index in [1.165, 1.54) is 21.8 Å². The Balaban J connectivity index is 1.30. The van der Waals surface area contributed by atoms with Crippen molar-refractivity contribution in [1.82, 2.24) is 9.38 Å². The number of carbonyl (C=O) groups is 2. The van der Waals surface area contributed by atoms with E-state index in [2.05, 4.69) is 10.3 Å². The van der Waals surface area contributed by atoms with Crippen molar-refractivity contribution in [1.29, 1.82) is 0 Å². The highest BCUT2D eigenvalue weighted by atomic mass is 32.1.